The van der Waals surface area contributed by atoms with Gasteiger partial charge in [-0.1, -0.05) is 18.2 Å². The van der Waals surface area contributed by atoms with Gasteiger partial charge in [0.2, 0.25) is 5.91 Å². The van der Waals surface area contributed by atoms with Crippen LogP contribution in [-0.2, 0) is 16.1 Å². The van der Waals surface area contributed by atoms with Crippen LogP contribution >= 0.6 is 11.3 Å². The first-order valence-electron chi connectivity index (χ1n) is 6.88. The molecular formula is C15H17NO3S. The molecule has 1 heterocycles. The molecule has 5 heteroatoms. The van der Waals surface area contributed by atoms with Gasteiger partial charge in [-0.05, 0) is 36.1 Å². The Balaban J connectivity index is 1.72. The van der Waals surface area contributed by atoms with E-state index < -0.39 is 17.8 Å². The third-order valence-electron chi connectivity index (χ3n) is 4.35. The molecule has 0 spiro atoms. The van der Waals surface area contributed by atoms with E-state index in [9.17, 15) is 14.7 Å². The number of hydrogen-bond donors (Lipinski definition) is 2. The molecule has 1 aromatic heterocycles. The van der Waals surface area contributed by atoms with Crippen molar-refractivity contribution in [1.29, 1.82) is 0 Å². The van der Waals surface area contributed by atoms with Gasteiger partial charge in [0.25, 0.3) is 0 Å². The molecule has 0 aliphatic heterocycles. The molecule has 4 nitrogen and oxygen atoms in total. The van der Waals surface area contributed by atoms with Crippen molar-refractivity contribution < 1.29 is 14.7 Å². The van der Waals surface area contributed by atoms with E-state index >= 15 is 0 Å². The van der Waals surface area contributed by atoms with Gasteiger partial charge in [-0.15, -0.1) is 11.3 Å². The van der Waals surface area contributed by atoms with E-state index in [0.717, 1.165) is 17.7 Å². The molecule has 2 bridgehead atoms. The second-order valence-corrected chi connectivity index (χ2v) is 6.51. The molecule has 3 aliphatic rings. The second-order valence-electron chi connectivity index (χ2n) is 5.48. The minimum absolute atomic E-state index is 0.00925. The highest BCUT2D eigenvalue weighted by Crippen LogP contribution is 2.45. The van der Waals surface area contributed by atoms with Crippen LogP contribution in [0.25, 0.3) is 0 Å². The maximum absolute atomic E-state index is 12.4. The molecule has 0 saturated heterocycles. The molecule has 2 N–H and O–H groups in total. The van der Waals surface area contributed by atoms with Crippen LogP contribution in [0.15, 0.2) is 29.7 Å². The number of rotatable bonds is 4. The SMILES string of the molecule is O=C(O)[C@@H]1[C@@H](C(=O)NCc2cccs2)[C@H]2C=C[C@@H]1CC2. The smallest absolute Gasteiger partial charge is 0.307 e. The van der Waals surface area contributed by atoms with Gasteiger partial charge in [0.15, 0.2) is 0 Å². The van der Waals surface area contributed by atoms with Crippen LogP contribution < -0.4 is 5.32 Å². The fourth-order valence-electron chi connectivity index (χ4n) is 3.39. The first-order valence-corrected chi connectivity index (χ1v) is 7.76. The molecule has 4 atom stereocenters. The lowest BCUT2D eigenvalue weighted by Gasteiger charge is -2.41. The van der Waals surface area contributed by atoms with Crippen molar-refractivity contribution >= 4 is 23.2 Å². The maximum Gasteiger partial charge on any atom is 0.307 e. The first-order chi connectivity index (χ1) is 9.66. The number of thiophene rings is 1. The van der Waals surface area contributed by atoms with Gasteiger partial charge in [-0.3, -0.25) is 9.59 Å². The lowest BCUT2D eigenvalue weighted by molar-refractivity contribution is -0.153. The van der Waals surface area contributed by atoms with Crippen LogP contribution in [0.4, 0.5) is 0 Å². The van der Waals surface area contributed by atoms with E-state index in [1.165, 1.54) is 0 Å². The third kappa shape index (κ3) is 2.38. The largest absolute Gasteiger partial charge is 0.481 e. The van der Waals surface area contributed by atoms with Gasteiger partial charge in [0.05, 0.1) is 18.4 Å². The van der Waals surface area contributed by atoms with Gasteiger partial charge >= 0.3 is 5.97 Å². The van der Waals surface area contributed by atoms with Crippen molar-refractivity contribution in [3.8, 4) is 0 Å². The van der Waals surface area contributed by atoms with Gasteiger partial charge in [0.1, 0.15) is 0 Å². The third-order valence-corrected chi connectivity index (χ3v) is 5.23. The van der Waals surface area contributed by atoms with Crippen LogP contribution in [-0.4, -0.2) is 17.0 Å². The van der Waals surface area contributed by atoms with Crippen molar-refractivity contribution in [2.24, 2.45) is 23.7 Å². The van der Waals surface area contributed by atoms with Gasteiger partial charge < -0.3 is 10.4 Å². The summed E-state index contributed by atoms with van der Waals surface area (Å²) in [5, 5.41) is 14.3. The van der Waals surface area contributed by atoms with Crippen molar-refractivity contribution in [2.75, 3.05) is 0 Å². The molecule has 0 aromatic carbocycles. The summed E-state index contributed by atoms with van der Waals surface area (Å²) in [7, 11) is 0. The molecule has 106 valence electrons. The lowest BCUT2D eigenvalue weighted by Crippen LogP contribution is -2.48. The summed E-state index contributed by atoms with van der Waals surface area (Å²) in [4.78, 5) is 25.0. The highest BCUT2D eigenvalue weighted by molar-refractivity contribution is 7.09. The van der Waals surface area contributed by atoms with Gasteiger partial charge in [-0.2, -0.15) is 0 Å². The molecule has 4 rings (SSSR count). The minimum Gasteiger partial charge on any atom is -0.481 e. The van der Waals surface area contributed by atoms with Crippen molar-refractivity contribution in [3.63, 3.8) is 0 Å². The van der Waals surface area contributed by atoms with E-state index in [0.29, 0.717) is 6.54 Å². The first kappa shape index (κ1) is 13.4. The van der Waals surface area contributed by atoms with E-state index in [1.54, 1.807) is 11.3 Å². The standard InChI is InChI=1S/C15H17NO3S/c17-14(16-8-11-2-1-7-20-11)12-9-3-5-10(6-4-9)13(12)15(18)19/h1-3,5,7,9-10,12-13H,4,6,8H2,(H,16,17)(H,18,19)/t9-,10+,12-,13-/m0/s1. The summed E-state index contributed by atoms with van der Waals surface area (Å²) >= 11 is 1.59. The lowest BCUT2D eigenvalue weighted by atomic mass is 9.62. The summed E-state index contributed by atoms with van der Waals surface area (Å²) in [6.45, 7) is 0.487. The average Bonchev–Trinajstić information content (AvgIpc) is 2.98. The molecule has 1 aromatic rings. The summed E-state index contributed by atoms with van der Waals surface area (Å²) in [5.74, 6) is -1.87. The Kier molecular flexibility index (Phi) is 3.61. The minimum atomic E-state index is -0.847. The van der Waals surface area contributed by atoms with Crippen LogP contribution in [0.2, 0.25) is 0 Å². The predicted octanol–water partition coefficient (Wildman–Crippen LogP) is 2.28. The van der Waals surface area contributed by atoms with Crippen molar-refractivity contribution in [1.82, 2.24) is 5.32 Å². The Morgan fingerprint density at radius 1 is 1.25 bits per heavy atom. The topological polar surface area (TPSA) is 66.4 Å². The fraction of sp³-hybridized carbons (Fsp3) is 0.467. The average molecular weight is 291 g/mol. The summed E-state index contributed by atoms with van der Waals surface area (Å²) in [6.07, 6.45) is 5.81. The van der Waals surface area contributed by atoms with Crippen LogP contribution in [0.3, 0.4) is 0 Å². The van der Waals surface area contributed by atoms with Crippen molar-refractivity contribution in [2.45, 2.75) is 19.4 Å². The van der Waals surface area contributed by atoms with E-state index in [2.05, 4.69) is 5.32 Å². The molecule has 1 saturated carbocycles. The quantitative estimate of drug-likeness (QED) is 0.836. The number of nitrogens with one attached hydrogen (secondary N) is 1. The molecule has 1 amide bonds. The van der Waals surface area contributed by atoms with Crippen LogP contribution in [0.5, 0.6) is 0 Å². The number of carbonyl (C=O) groups is 2. The predicted molar refractivity (Wildman–Crippen MR) is 76.1 cm³/mol. The number of amides is 1. The Hall–Kier alpha value is -1.62. The zero-order chi connectivity index (χ0) is 14.1. The summed E-state index contributed by atoms with van der Waals surface area (Å²) in [5.41, 5.74) is 0. The molecule has 20 heavy (non-hydrogen) atoms. The van der Waals surface area contributed by atoms with Crippen molar-refractivity contribution in [3.05, 3.63) is 34.5 Å². The number of hydrogen-bond acceptors (Lipinski definition) is 3. The maximum atomic E-state index is 12.4. The van der Waals surface area contributed by atoms with Gasteiger partial charge in [-0.25, -0.2) is 0 Å². The highest BCUT2D eigenvalue weighted by Gasteiger charge is 2.48. The Labute approximate surface area is 121 Å². The number of carboxylic acid groups (broad SMARTS) is 1. The summed E-state index contributed by atoms with van der Waals surface area (Å²) in [6, 6.07) is 3.91. The summed E-state index contributed by atoms with van der Waals surface area (Å²) < 4.78 is 0. The highest BCUT2D eigenvalue weighted by atomic mass is 32.1. The van der Waals surface area contributed by atoms with E-state index in [-0.39, 0.29) is 17.7 Å². The molecule has 3 aliphatic carbocycles. The number of allylic oxidation sites excluding steroid dienone is 2. The van der Waals surface area contributed by atoms with E-state index in [1.807, 2.05) is 29.7 Å². The number of carboxylic acids is 1. The molecular weight excluding hydrogens is 274 g/mol. The monoisotopic (exact) mass is 291 g/mol. The fourth-order valence-corrected chi connectivity index (χ4v) is 4.04. The molecule has 1 fully saturated rings. The second kappa shape index (κ2) is 5.40. The zero-order valence-electron chi connectivity index (χ0n) is 11.0. The number of aliphatic carboxylic acids is 1. The Morgan fingerprint density at radius 3 is 2.50 bits per heavy atom. The number of fused-ring (bicyclic) bond motifs is 2. The van der Waals surface area contributed by atoms with Crippen LogP contribution in [0.1, 0.15) is 17.7 Å². The molecule has 0 unspecified atom stereocenters. The Bertz CT molecular complexity index is 537. The zero-order valence-corrected chi connectivity index (χ0v) is 11.8. The van der Waals surface area contributed by atoms with Gasteiger partial charge in [0, 0.05) is 4.88 Å². The van der Waals surface area contributed by atoms with E-state index in [4.69, 9.17) is 0 Å². The normalized spacial score (nSPS) is 31.2. The molecule has 0 radical (unpaired) electrons. The Morgan fingerprint density at radius 2 is 1.95 bits per heavy atom. The van der Waals surface area contributed by atoms with Crippen LogP contribution in [0, 0.1) is 23.7 Å². The number of carbonyl (C=O) groups excluding carboxylic acids is 1.